The van der Waals surface area contributed by atoms with E-state index in [4.69, 9.17) is 18.9 Å². The fourth-order valence-electron chi connectivity index (χ4n) is 13.6. The molecular weight excluding hydrogens is 1170 g/mol. The van der Waals surface area contributed by atoms with Crippen LogP contribution in [0.1, 0.15) is 380 Å². The number of ether oxygens (including phenoxy) is 4. The van der Waals surface area contributed by atoms with Crippen LogP contribution in [-0.2, 0) is 23.7 Å². The average Bonchev–Trinajstić information content (AvgIpc) is 0.843. The van der Waals surface area contributed by atoms with Gasteiger partial charge >= 0.3 is 0 Å². The Morgan fingerprint density at radius 2 is 0.688 bits per heavy atom. The summed E-state index contributed by atoms with van der Waals surface area (Å²) in [5.41, 5.74) is 0. The first-order chi connectivity index (χ1) is 45.6. The molecule has 0 bridgehead atoms. The molecule has 12 atom stereocenters. The van der Waals surface area contributed by atoms with Crippen LogP contribution in [0.15, 0.2) is 24.3 Å². The average molecular weight is 1320 g/mol. The Morgan fingerprint density at radius 3 is 1.05 bits per heavy atom. The number of aliphatic hydroxyl groups is 8. The van der Waals surface area contributed by atoms with Crippen LogP contribution in [0.25, 0.3) is 0 Å². The quantitative estimate of drug-likeness (QED) is 0.0204. The number of nitrogens with one attached hydrogen (secondary N) is 1. The van der Waals surface area contributed by atoms with E-state index in [-0.39, 0.29) is 18.9 Å². The minimum Gasteiger partial charge on any atom is -0.394 e. The second kappa shape index (κ2) is 63.9. The number of allylic oxidation sites excluding steroid dienone is 3. The Morgan fingerprint density at radius 1 is 0.376 bits per heavy atom. The molecular formula is C79H151NO13. The summed E-state index contributed by atoms with van der Waals surface area (Å²) in [7, 11) is 0. The third-order valence-corrected chi connectivity index (χ3v) is 19.9. The fraction of sp³-hybridized carbons (Fsp3) is 0.937. The van der Waals surface area contributed by atoms with Crippen LogP contribution in [-0.4, -0.2) is 140 Å². The first-order valence-corrected chi connectivity index (χ1v) is 40.1. The molecule has 1 amide bonds. The Kier molecular flexibility index (Phi) is 60.1. The van der Waals surface area contributed by atoms with Crippen molar-refractivity contribution in [2.45, 2.75) is 453 Å². The summed E-state index contributed by atoms with van der Waals surface area (Å²) in [6.45, 7) is 2.85. The molecule has 12 unspecified atom stereocenters. The second-order valence-corrected chi connectivity index (χ2v) is 28.5. The van der Waals surface area contributed by atoms with E-state index >= 15 is 0 Å². The summed E-state index contributed by atoms with van der Waals surface area (Å²) in [6.07, 6.45) is 65.7. The van der Waals surface area contributed by atoms with Gasteiger partial charge < -0.3 is 65.1 Å². The summed E-state index contributed by atoms with van der Waals surface area (Å²) in [5.74, 6) is -0.240. The number of carbonyl (C=O) groups is 1. The SMILES string of the molecule is CCCCCCCCCCCCCCCCC/C=C/CC/C=C/C(O)C(COC1OC(CO)C(OC2OC(CO)C(O)C(O)C2O)C(O)C1O)NC(=O)CCCCCCCCCCCCCCCCCCCCCCCCCCCCCCCCCCCCCCCC. The topological polar surface area (TPSA) is 228 Å². The summed E-state index contributed by atoms with van der Waals surface area (Å²) >= 11 is 0. The summed E-state index contributed by atoms with van der Waals surface area (Å²) in [4.78, 5) is 13.4. The summed E-state index contributed by atoms with van der Waals surface area (Å²) < 4.78 is 22.9. The smallest absolute Gasteiger partial charge is 0.220 e. The fourth-order valence-corrected chi connectivity index (χ4v) is 13.6. The molecule has 0 aromatic heterocycles. The van der Waals surface area contributed by atoms with E-state index in [1.54, 1.807) is 6.08 Å². The number of carbonyl (C=O) groups excluding carboxylic acids is 1. The molecule has 2 aliphatic heterocycles. The first-order valence-electron chi connectivity index (χ1n) is 40.1. The van der Waals surface area contributed by atoms with Crippen molar-refractivity contribution >= 4 is 5.91 Å². The van der Waals surface area contributed by atoms with E-state index in [9.17, 15) is 45.6 Å². The van der Waals surface area contributed by atoms with Gasteiger partial charge in [-0.3, -0.25) is 4.79 Å². The molecule has 0 spiro atoms. The van der Waals surface area contributed by atoms with Crippen molar-refractivity contribution in [1.29, 1.82) is 0 Å². The zero-order valence-electron chi connectivity index (χ0n) is 60.3. The third-order valence-electron chi connectivity index (χ3n) is 19.9. The highest BCUT2D eigenvalue weighted by Crippen LogP contribution is 2.30. The largest absolute Gasteiger partial charge is 0.394 e. The predicted octanol–water partition coefficient (Wildman–Crippen LogP) is 17.9. The van der Waals surface area contributed by atoms with Crippen LogP contribution in [0.4, 0.5) is 0 Å². The number of unbranched alkanes of at least 4 members (excludes halogenated alkanes) is 53. The third kappa shape index (κ3) is 47.2. The molecule has 9 N–H and O–H groups in total. The molecule has 14 heteroatoms. The molecule has 14 nitrogen and oxygen atoms in total. The number of amides is 1. The van der Waals surface area contributed by atoms with Crippen molar-refractivity contribution in [3.05, 3.63) is 24.3 Å². The van der Waals surface area contributed by atoms with Crippen molar-refractivity contribution in [2.75, 3.05) is 19.8 Å². The summed E-state index contributed by atoms with van der Waals surface area (Å²) in [6, 6.07) is -0.930. The molecule has 0 aromatic rings. The molecule has 2 fully saturated rings. The van der Waals surface area contributed by atoms with Crippen molar-refractivity contribution in [3.63, 3.8) is 0 Å². The summed E-state index contributed by atoms with van der Waals surface area (Å²) in [5, 5.41) is 87.5. The van der Waals surface area contributed by atoms with E-state index < -0.39 is 86.8 Å². The lowest BCUT2D eigenvalue weighted by Crippen LogP contribution is -2.65. The van der Waals surface area contributed by atoms with Crippen molar-refractivity contribution < 1.29 is 64.6 Å². The number of hydrogen-bond donors (Lipinski definition) is 9. The molecule has 2 rings (SSSR count). The Labute approximate surface area is 570 Å². The number of rotatable bonds is 68. The second-order valence-electron chi connectivity index (χ2n) is 28.5. The highest BCUT2D eigenvalue weighted by Gasteiger charge is 2.51. The maximum atomic E-state index is 13.4. The molecule has 550 valence electrons. The van der Waals surface area contributed by atoms with E-state index in [2.05, 4.69) is 31.3 Å². The van der Waals surface area contributed by atoms with E-state index in [1.807, 2.05) is 6.08 Å². The molecule has 0 radical (unpaired) electrons. The zero-order chi connectivity index (χ0) is 67.3. The van der Waals surface area contributed by atoms with Gasteiger partial charge in [-0.15, -0.1) is 0 Å². The maximum Gasteiger partial charge on any atom is 0.220 e. The lowest BCUT2D eigenvalue weighted by atomic mass is 9.97. The van der Waals surface area contributed by atoms with Gasteiger partial charge in [0.05, 0.1) is 32.0 Å². The highest BCUT2D eigenvalue weighted by atomic mass is 16.7. The van der Waals surface area contributed by atoms with Gasteiger partial charge in [0, 0.05) is 6.42 Å². The van der Waals surface area contributed by atoms with E-state index in [0.29, 0.717) is 12.8 Å². The van der Waals surface area contributed by atoms with Gasteiger partial charge in [-0.25, -0.2) is 0 Å². The first kappa shape index (κ1) is 87.6. The maximum absolute atomic E-state index is 13.4. The van der Waals surface area contributed by atoms with Crippen molar-refractivity contribution in [3.8, 4) is 0 Å². The molecule has 2 saturated heterocycles. The molecule has 2 heterocycles. The van der Waals surface area contributed by atoms with Crippen molar-refractivity contribution in [2.24, 2.45) is 0 Å². The van der Waals surface area contributed by atoms with Crippen molar-refractivity contribution in [1.82, 2.24) is 5.32 Å². The molecule has 0 saturated carbocycles. The molecule has 93 heavy (non-hydrogen) atoms. The highest BCUT2D eigenvalue weighted by molar-refractivity contribution is 5.76. The molecule has 2 aliphatic rings. The normalized spacial score (nSPS) is 22.6. The number of aliphatic hydroxyl groups excluding tert-OH is 8. The van der Waals surface area contributed by atoms with Crippen LogP contribution in [0, 0.1) is 0 Å². The van der Waals surface area contributed by atoms with Gasteiger partial charge in [-0.2, -0.15) is 0 Å². The van der Waals surface area contributed by atoms with Crippen LogP contribution in [0.2, 0.25) is 0 Å². The monoisotopic (exact) mass is 1320 g/mol. The standard InChI is InChI=1S/C79H151NO13/c1-3-5-7-9-11-13-15-17-19-21-23-25-26-27-28-29-30-31-32-33-34-35-36-37-38-39-40-41-43-45-47-49-51-53-55-57-59-61-63-71(84)80-67(68(83)62-60-58-56-54-52-50-48-46-44-42-24-22-20-18-16-14-12-10-8-6-4-2)66-90-78-76(89)74(87)77(70(65-82)92-78)93-79-75(88)73(86)72(85)69(64-81)91-79/h52,54,60,62,67-70,72-79,81-83,85-89H,3-51,53,55-59,61,63-66H2,1-2H3,(H,80,84)/b54-52+,62-60+. The van der Waals surface area contributed by atoms with Gasteiger partial charge in [0.2, 0.25) is 5.91 Å². The van der Waals surface area contributed by atoms with Gasteiger partial charge in [-0.1, -0.05) is 366 Å². The Bertz CT molecular complexity index is 1650. The van der Waals surface area contributed by atoms with Gasteiger partial charge in [-0.05, 0) is 32.1 Å². The molecule has 0 aromatic carbocycles. The van der Waals surface area contributed by atoms with Gasteiger partial charge in [0.25, 0.3) is 0 Å². The van der Waals surface area contributed by atoms with Crippen LogP contribution >= 0.6 is 0 Å². The van der Waals surface area contributed by atoms with E-state index in [1.165, 1.54) is 315 Å². The minimum absolute atomic E-state index is 0.240. The predicted molar refractivity (Wildman–Crippen MR) is 383 cm³/mol. The van der Waals surface area contributed by atoms with Crippen LogP contribution in [0.3, 0.4) is 0 Å². The van der Waals surface area contributed by atoms with Crippen LogP contribution < -0.4 is 5.32 Å². The van der Waals surface area contributed by atoms with Gasteiger partial charge in [0.15, 0.2) is 12.6 Å². The lowest BCUT2D eigenvalue weighted by molar-refractivity contribution is -0.359. The number of hydrogen-bond acceptors (Lipinski definition) is 13. The molecule has 0 aliphatic carbocycles. The lowest BCUT2D eigenvalue weighted by Gasteiger charge is -2.46. The van der Waals surface area contributed by atoms with Gasteiger partial charge in [0.1, 0.15) is 48.8 Å². The van der Waals surface area contributed by atoms with Crippen LogP contribution in [0.5, 0.6) is 0 Å². The Hall–Kier alpha value is -1.53. The minimum atomic E-state index is -1.79. The Balaban J connectivity index is 1.58. The van der Waals surface area contributed by atoms with E-state index in [0.717, 1.165) is 32.1 Å². The zero-order valence-corrected chi connectivity index (χ0v) is 60.3.